The van der Waals surface area contributed by atoms with E-state index in [1.165, 1.54) is 12.7 Å². The Balaban J connectivity index is 1.82. The first-order valence-electron chi connectivity index (χ1n) is 10.2. The van der Waals surface area contributed by atoms with Crippen molar-refractivity contribution in [2.24, 2.45) is 0 Å². The highest BCUT2D eigenvalue weighted by Gasteiger charge is 2.41. The highest BCUT2D eigenvalue weighted by Crippen LogP contribution is 2.37. The number of para-hydroxylation sites is 1. The van der Waals surface area contributed by atoms with Gasteiger partial charge < -0.3 is 10.1 Å². The van der Waals surface area contributed by atoms with Gasteiger partial charge in [0.15, 0.2) is 0 Å². The maximum absolute atomic E-state index is 13.5. The largest absolute Gasteiger partial charge is 0.496 e. The van der Waals surface area contributed by atoms with Crippen molar-refractivity contribution in [2.45, 2.75) is 13.3 Å². The molecule has 6 nitrogen and oxygen atoms in total. The molecule has 0 spiro atoms. The average molecular weight is 423 g/mol. The Bertz CT molecular complexity index is 1250. The number of carbonyl (C=O) groups excluding carboxylic acids is 2. The van der Waals surface area contributed by atoms with E-state index in [1.54, 1.807) is 48.5 Å². The van der Waals surface area contributed by atoms with Crippen LogP contribution >= 0.6 is 0 Å². The molecule has 0 fully saturated rings. The van der Waals surface area contributed by atoms with Crippen molar-refractivity contribution in [3.63, 3.8) is 0 Å². The molecule has 158 valence electrons. The molecule has 0 bridgehead atoms. The van der Waals surface area contributed by atoms with Crippen LogP contribution in [0.15, 0.2) is 78.5 Å². The van der Waals surface area contributed by atoms with Crippen LogP contribution in [-0.2, 0) is 16.0 Å². The average Bonchev–Trinajstić information content (AvgIpc) is 3.08. The van der Waals surface area contributed by atoms with E-state index in [1.807, 2.05) is 30.3 Å². The Kier molecular flexibility index (Phi) is 5.73. The zero-order valence-electron chi connectivity index (χ0n) is 17.8. The summed E-state index contributed by atoms with van der Waals surface area (Å²) in [5, 5.41) is 12.2. The van der Waals surface area contributed by atoms with Gasteiger partial charge in [0, 0.05) is 11.3 Å². The number of nitrogens with one attached hydrogen (secondary N) is 1. The number of carbonyl (C=O) groups is 2. The second-order valence-corrected chi connectivity index (χ2v) is 7.23. The second-order valence-electron chi connectivity index (χ2n) is 7.23. The number of hydrogen-bond acceptors (Lipinski definition) is 5. The van der Waals surface area contributed by atoms with Gasteiger partial charge in [-0.2, -0.15) is 5.26 Å². The summed E-state index contributed by atoms with van der Waals surface area (Å²) in [6.07, 6.45) is 0.902. The van der Waals surface area contributed by atoms with E-state index < -0.39 is 11.8 Å². The van der Waals surface area contributed by atoms with Crippen LogP contribution in [-0.4, -0.2) is 18.9 Å². The highest BCUT2D eigenvalue weighted by atomic mass is 16.5. The van der Waals surface area contributed by atoms with Crippen LogP contribution < -0.4 is 15.0 Å². The molecule has 0 atom stereocenters. The highest BCUT2D eigenvalue weighted by molar-refractivity contribution is 6.46. The van der Waals surface area contributed by atoms with Crippen molar-refractivity contribution in [1.29, 1.82) is 5.26 Å². The minimum absolute atomic E-state index is 0.174. The van der Waals surface area contributed by atoms with Gasteiger partial charge in [-0.1, -0.05) is 37.3 Å². The number of hydrogen-bond donors (Lipinski definition) is 1. The molecule has 6 heteroatoms. The summed E-state index contributed by atoms with van der Waals surface area (Å²) < 4.78 is 5.46. The smallest absolute Gasteiger partial charge is 0.282 e. The van der Waals surface area contributed by atoms with Gasteiger partial charge in [0.25, 0.3) is 11.8 Å². The molecular formula is C26H21N3O3. The number of anilines is 2. The van der Waals surface area contributed by atoms with Gasteiger partial charge in [-0.05, 0) is 54.4 Å². The van der Waals surface area contributed by atoms with Crippen LogP contribution in [0.5, 0.6) is 5.75 Å². The molecule has 3 aromatic rings. The molecule has 32 heavy (non-hydrogen) atoms. The molecule has 0 radical (unpaired) electrons. The number of ether oxygens (including phenoxy) is 1. The summed E-state index contributed by atoms with van der Waals surface area (Å²) in [5.74, 6) is -0.442. The normalized spacial score (nSPS) is 13.3. The fourth-order valence-corrected chi connectivity index (χ4v) is 3.63. The van der Waals surface area contributed by atoms with Gasteiger partial charge in [0.1, 0.15) is 11.4 Å². The number of aryl methyl sites for hydroxylation is 1. The molecule has 3 aromatic carbocycles. The molecule has 0 aliphatic carbocycles. The molecule has 2 amide bonds. The van der Waals surface area contributed by atoms with E-state index in [9.17, 15) is 9.59 Å². The first-order valence-corrected chi connectivity index (χ1v) is 10.2. The third-order valence-electron chi connectivity index (χ3n) is 5.35. The van der Waals surface area contributed by atoms with E-state index in [-0.39, 0.29) is 11.3 Å². The molecule has 0 saturated heterocycles. The fraction of sp³-hybridized carbons (Fsp3) is 0.115. The Morgan fingerprint density at radius 3 is 2.25 bits per heavy atom. The lowest BCUT2D eigenvalue weighted by Crippen LogP contribution is -2.32. The first-order chi connectivity index (χ1) is 15.6. The van der Waals surface area contributed by atoms with Crippen molar-refractivity contribution >= 4 is 28.8 Å². The molecule has 1 aliphatic heterocycles. The summed E-state index contributed by atoms with van der Waals surface area (Å²) in [4.78, 5) is 28.1. The second kappa shape index (κ2) is 8.78. The number of imide groups is 1. The third-order valence-corrected chi connectivity index (χ3v) is 5.35. The van der Waals surface area contributed by atoms with Gasteiger partial charge in [0.2, 0.25) is 0 Å². The summed E-state index contributed by atoms with van der Waals surface area (Å²) >= 11 is 0. The summed E-state index contributed by atoms with van der Waals surface area (Å²) in [7, 11) is 1.52. The van der Waals surface area contributed by atoms with E-state index in [0.29, 0.717) is 28.3 Å². The monoisotopic (exact) mass is 423 g/mol. The standard InChI is InChI=1S/C26H21N3O3/c1-3-17-8-12-19(13-9-17)28-24-23(21-6-4-5-7-22(21)32-2)25(30)29(26(24)31)20-14-10-18(16-27)11-15-20/h4-15,28H,3H2,1-2H3. The summed E-state index contributed by atoms with van der Waals surface area (Å²) in [5.41, 5.74) is 3.64. The lowest BCUT2D eigenvalue weighted by molar-refractivity contribution is -0.120. The quantitative estimate of drug-likeness (QED) is 0.589. The maximum atomic E-state index is 13.5. The Morgan fingerprint density at radius 1 is 0.938 bits per heavy atom. The molecule has 0 unspecified atom stereocenters. The Hall–Kier alpha value is -4.37. The van der Waals surface area contributed by atoms with Gasteiger partial charge >= 0.3 is 0 Å². The lowest BCUT2D eigenvalue weighted by Gasteiger charge is -2.15. The minimum atomic E-state index is -0.472. The topological polar surface area (TPSA) is 82.4 Å². The zero-order chi connectivity index (χ0) is 22.7. The predicted octanol–water partition coefficient (Wildman–Crippen LogP) is 4.53. The number of rotatable bonds is 6. The minimum Gasteiger partial charge on any atom is -0.496 e. The fourth-order valence-electron chi connectivity index (χ4n) is 3.63. The lowest BCUT2D eigenvalue weighted by atomic mass is 10.0. The number of nitriles is 1. The van der Waals surface area contributed by atoms with Crippen LogP contribution in [0.4, 0.5) is 11.4 Å². The summed E-state index contributed by atoms with van der Waals surface area (Å²) in [6, 6.07) is 23.2. The van der Waals surface area contributed by atoms with Gasteiger partial charge in [-0.15, -0.1) is 0 Å². The van der Waals surface area contributed by atoms with Gasteiger partial charge in [-0.25, -0.2) is 4.90 Å². The van der Waals surface area contributed by atoms with Crippen LogP contribution in [0.3, 0.4) is 0 Å². The van der Waals surface area contributed by atoms with Crippen molar-refractivity contribution in [1.82, 2.24) is 0 Å². The van der Waals surface area contributed by atoms with Crippen LogP contribution in [0.25, 0.3) is 5.57 Å². The molecule has 0 saturated carbocycles. The van der Waals surface area contributed by atoms with Crippen molar-refractivity contribution in [3.05, 3.63) is 95.2 Å². The molecule has 1 heterocycles. The zero-order valence-corrected chi connectivity index (χ0v) is 17.8. The summed E-state index contributed by atoms with van der Waals surface area (Å²) in [6.45, 7) is 2.07. The SMILES string of the molecule is CCc1ccc(NC2=C(c3ccccc3OC)C(=O)N(c3ccc(C#N)cc3)C2=O)cc1. The van der Waals surface area contributed by atoms with Crippen LogP contribution in [0, 0.1) is 11.3 Å². The first kappa shape index (κ1) is 20.9. The molecular weight excluding hydrogens is 402 g/mol. The third kappa shape index (κ3) is 3.72. The molecule has 4 rings (SSSR count). The van der Waals surface area contributed by atoms with E-state index in [4.69, 9.17) is 10.00 Å². The molecule has 1 aliphatic rings. The molecule has 1 N–H and O–H groups in total. The number of amides is 2. The number of methoxy groups -OCH3 is 1. The van der Waals surface area contributed by atoms with E-state index >= 15 is 0 Å². The van der Waals surface area contributed by atoms with Crippen molar-refractivity contribution < 1.29 is 14.3 Å². The van der Waals surface area contributed by atoms with Crippen LogP contribution in [0.1, 0.15) is 23.6 Å². The van der Waals surface area contributed by atoms with Gasteiger partial charge in [0.05, 0.1) is 30.0 Å². The number of benzene rings is 3. The van der Waals surface area contributed by atoms with E-state index in [2.05, 4.69) is 12.2 Å². The van der Waals surface area contributed by atoms with Gasteiger partial charge in [-0.3, -0.25) is 9.59 Å². The number of nitrogens with zero attached hydrogens (tertiary/aromatic N) is 2. The Labute approximate surface area is 186 Å². The Morgan fingerprint density at radius 2 is 1.62 bits per heavy atom. The van der Waals surface area contributed by atoms with Crippen molar-refractivity contribution in [3.8, 4) is 11.8 Å². The van der Waals surface area contributed by atoms with E-state index in [0.717, 1.165) is 11.3 Å². The molecule has 0 aromatic heterocycles. The maximum Gasteiger partial charge on any atom is 0.282 e. The van der Waals surface area contributed by atoms with Crippen molar-refractivity contribution in [2.75, 3.05) is 17.3 Å². The predicted molar refractivity (Wildman–Crippen MR) is 123 cm³/mol. The van der Waals surface area contributed by atoms with Crippen LogP contribution in [0.2, 0.25) is 0 Å².